The minimum absolute atomic E-state index is 0.173. The summed E-state index contributed by atoms with van der Waals surface area (Å²) in [5, 5.41) is 0. The van der Waals surface area contributed by atoms with Gasteiger partial charge in [0, 0.05) is 6.92 Å². The number of rotatable bonds is 3. The van der Waals surface area contributed by atoms with E-state index in [4.69, 9.17) is 18.9 Å². The van der Waals surface area contributed by atoms with Gasteiger partial charge in [-0.1, -0.05) is 18.2 Å². The van der Waals surface area contributed by atoms with Crippen molar-refractivity contribution in [2.45, 2.75) is 12.9 Å². The Kier molecular flexibility index (Phi) is 2.58. The maximum Gasteiger partial charge on any atom is 0.279 e. The summed E-state index contributed by atoms with van der Waals surface area (Å²) in [6.07, 6.45) is 0. The molecule has 4 rings (SSSR count). The summed E-state index contributed by atoms with van der Waals surface area (Å²) in [7, 11) is 0. The molecule has 3 aliphatic heterocycles. The summed E-state index contributed by atoms with van der Waals surface area (Å²) >= 11 is 0. The summed E-state index contributed by atoms with van der Waals surface area (Å²) in [5.41, 5.74) is -0.173. The van der Waals surface area contributed by atoms with E-state index in [1.165, 1.54) is 0 Å². The number of hydrogen-bond acceptors (Lipinski definition) is 4. The van der Waals surface area contributed by atoms with Gasteiger partial charge in [0.05, 0.1) is 25.2 Å². The van der Waals surface area contributed by atoms with E-state index >= 15 is 0 Å². The third-order valence-corrected chi connectivity index (χ3v) is 3.21. The Morgan fingerprint density at radius 3 is 2.24 bits per heavy atom. The maximum absolute atomic E-state index is 5.76. The summed E-state index contributed by atoms with van der Waals surface area (Å²) in [5.74, 6) is 0.0230. The molecule has 17 heavy (non-hydrogen) atoms. The molecule has 4 heteroatoms. The first-order valence-electron chi connectivity index (χ1n) is 5.80. The van der Waals surface area contributed by atoms with Gasteiger partial charge in [-0.05, 0) is 12.1 Å². The molecule has 1 aromatic carbocycles. The first-order chi connectivity index (χ1) is 8.20. The highest BCUT2D eigenvalue weighted by Gasteiger charge is 2.50. The van der Waals surface area contributed by atoms with Gasteiger partial charge in [0.25, 0.3) is 5.97 Å². The van der Waals surface area contributed by atoms with Crippen LogP contribution in [0.25, 0.3) is 0 Å². The molecule has 0 aliphatic carbocycles. The van der Waals surface area contributed by atoms with Gasteiger partial charge < -0.3 is 18.9 Å². The Hall–Kier alpha value is -1.10. The number of para-hydroxylation sites is 1. The first-order valence-corrected chi connectivity index (χ1v) is 5.80. The molecular weight excluding hydrogens is 220 g/mol. The van der Waals surface area contributed by atoms with Crippen LogP contribution in [0, 0.1) is 5.41 Å². The zero-order chi connectivity index (χ0) is 11.8. The van der Waals surface area contributed by atoms with Gasteiger partial charge in [0.15, 0.2) is 0 Å². The fourth-order valence-corrected chi connectivity index (χ4v) is 1.98. The van der Waals surface area contributed by atoms with Crippen LogP contribution in [0.2, 0.25) is 0 Å². The van der Waals surface area contributed by atoms with Gasteiger partial charge in [-0.25, -0.2) is 0 Å². The molecule has 92 valence electrons. The quantitative estimate of drug-likeness (QED) is 0.802. The van der Waals surface area contributed by atoms with Crippen LogP contribution in [-0.2, 0) is 14.2 Å². The molecule has 0 radical (unpaired) electrons. The van der Waals surface area contributed by atoms with Crippen LogP contribution in [-0.4, -0.2) is 32.4 Å². The van der Waals surface area contributed by atoms with Gasteiger partial charge >= 0.3 is 0 Å². The number of hydrogen-bond donors (Lipinski definition) is 0. The highest BCUT2D eigenvalue weighted by atomic mass is 16.9. The van der Waals surface area contributed by atoms with E-state index in [0.29, 0.717) is 26.4 Å². The molecule has 3 saturated heterocycles. The molecule has 0 aromatic heterocycles. The Labute approximate surface area is 100 Å². The zero-order valence-electron chi connectivity index (χ0n) is 9.85. The highest BCUT2D eigenvalue weighted by Crippen LogP contribution is 2.38. The average molecular weight is 236 g/mol. The van der Waals surface area contributed by atoms with Crippen LogP contribution >= 0.6 is 0 Å². The van der Waals surface area contributed by atoms with E-state index in [9.17, 15) is 0 Å². The second-order valence-electron chi connectivity index (χ2n) is 4.83. The second kappa shape index (κ2) is 3.98. The van der Waals surface area contributed by atoms with E-state index in [1.807, 2.05) is 30.3 Å². The third-order valence-electron chi connectivity index (χ3n) is 3.21. The molecular formula is C13H16O4. The van der Waals surface area contributed by atoms with Crippen molar-refractivity contribution in [3.05, 3.63) is 30.3 Å². The normalized spacial score (nSPS) is 35.8. The lowest BCUT2D eigenvalue weighted by Gasteiger charge is -2.49. The third kappa shape index (κ3) is 2.16. The van der Waals surface area contributed by atoms with E-state index in [0.717, 1.165) is 5.75 Å². The lowest BCUT2D eigenvalue weighted by atomic mass is 9.90. The molecule has 0 N–H and O–H groups in total. The van der Waals surface area contributed by atoms with Gasteiger partial charge in [-0.3, -0.25) is 0 Å². The topological polar surface area (TPSA) is 36.9 Å². The second-order valence-corrected chi connectivity index (χ2v) is 4.83. The lowest BCUT2D eigenvalue weighted by Crippen LogP contribution is -2.60. The average Bonchev–Trinajstić information content (AvgIpc) is 2.40. The van der Waals surface area contributed by atoms with Crippen molar-refractivity contribution in [3.63, 3.8) is 0 Å². The monoisotopic (exact) mass is 236 g/mol. The largest absolute Gasteiger partial charge is 0.493 e. The van der Waals surface area contributed by atoms with Crippen molar-refractivity contribution in [3.8, 4) is 5.75 Å². The van der Waals surface area contributed by atoms with Crippen molar-refractivity contribution in [1.82, 2.24) is 0 Å². The Morgan fingerprint density at radius 1 is 1.06 bits per heavy atom. The predicted octanol–water partition coefficient (Wildman–Crippen LogP) is 1.80. The molecule has 0 saturated carbocycles. The minimum atomic E-state index is -0.839. The SMILES string of the molecule is CC12OCC(COc3ccccc3)(CO1)CO2. The molecule has 3 heterocycles. The molecule has 0 amide bonds. The van der Waals surface area contributed by atoms with Crippen LogP contribution in [0.3, 0.4) is 0 Å². The van der Waals surface area contributed by atoms with Crippen LogP contribution < -0.4 is 4.74 Å². The first kappa shape index (κ1) is 11.0. The molecule has 4 nitrogen and oxygen atoms in total. The van der Waals surface area contributed by atoms with Gasteiger partial charge in [-0.15, -0.1) is 0 Å². The van der Waals surface area contributed by atoms with Crippen molar-refractivity contribution in [2.75, 3.05) is 26.4 Å². The number of ether oxygens (including phenoxy) is 4. The van der Waals surface area contributed by atoms with E-state index in [2.05, 4.69) is 0 Å². The maximum atomic E-state index is 5.76. The van der Waals surface area contributed by atoms with Gasteiger partial charge in [0.1, 0.15) is 12.4 Å². The van der Waals surface area contributed by atoms with Crippen LogP contribution in [0.5, 0.6) is 5.75 Å². The van der Waals surface area contributed by atoms with E-state index < -0.39 is 5.97 Å². The van der Waals surface area contributed by atoms with E-state index in [1.54, 1.807) is 6.92 Å². The van der Waals surface area contributed by atoms with Crippen molar-refractivity contribution >= 4 is 0 Å². The highest BCUT2D eigenvalue weighted by molar-refractivity contribution is 5.21. The van der Waals surface area contributed by atoms with Gasteiger partial charge in [0.2, 0.25) is 0 Å². The standard InChI is InChI=1S/C13H16O4/c1-12-15-8-13(9-16-12,10-17-12)7-14-11-5-3-2-4-6-11/h2-6H,7-10H2,1H3. The smallest absolute Gasteiger partial charge is 0.279 e. The summed E-state index contributed by atoms with van der Waals surface area (Å²) in [4.78, 5) is 0. The Morgan fingerprint density at radius 2 is 1.65 bits per heavy atom. The lowest BCUT2D eigenvalue weighted by molar-refractivity contribution is -0.461. The van der Waals surface area contributed by atoms with Crippen LogP contribution in [0.4, 0.5) is 0 Å². The number of fused-ring (bicyclic) bond motifs is 3. The molecule has 0 unspecified atom stereocenters. The molecule has 2 bridgehead atoms. The fraction of sp³-hybridized carbons (Fsp3) is 0.538. The number of benzene rings is 1. The van der Waals surface area contributed by atoms with Crippen LogP contribution in [0.15, 0.2) is 30.3 Å². The molecule has 0 atom stereocenters. The minimum Gasteiger partial charge on any atom is -0.493 e. The molecule has 0 spiro atoms. The molecule has 1 aromatic rings. The molecule has 3 aliphatic rings. The molecule has 3 fully saturated rings. The Balaban J connectivity index is 1.62. The Bertz CT molecular complexity index is 365. The summed E-state index contributed by atoms with van der Waals surface area (Å²) in [6.45, 7) is 4.21. The predicted molar refractivity (Wildman–Crippen MR) is 60.6 cm³/mol. The van der Waals surface area contributed by atoms with Crippen LogP contribution in [0.1, 0.15) is 6.92 Å². The summed E-state index contributed by atoms with van der Waals surface area (Å²) < 4.78 is 22.4. The zero-order valence-corrected chi connectivity index (χ0v) is 9.85. The summed E-state index contributed by atoms with van der Waals surface area (Å²) in [6, 6.07) is 9.75. The van der Waals surface area contributed by atoms with Crippen molar-refractivity contribution < 1.29 is 18.9 Å². The van der Waals surface area contributed by atoms with Crippen molar-refractivity contribution in [2.24, 2.45) is 5.41 Å². The van der Waals surface area contributed by atoms with E-state index in [-0.39, 0.29) is 5.41 Å². The fourth-order valence-electron chi connectivity index (χ4n) is 1.98. The van der Waals surface area contributed by atoms with Gasteiger partial charge in [-0.2, -0.15) is 0 Å². The van der Waals surface area contributed by atoms with Crippen molar-refractivity contribution in [1.29, 1.82) is 0 Å².